The number of aromatic amines is 1. The van der Waals surface area contributed by atoms with Crippen molar-refractivity contribution in [3.05, 3.63) is 59.3 Å². The van der Waals surface area contributed by atoms with Crippen LogP contribution in [-0.2, 0) is 12.8 Å². The third-order valence-electron chi connectivity index (χ3n) is 6.28. The highest BCUT2D eigenvalue weighted by Gasteiger charge is 2.29. The van der Waals surface area contributed by atoms with E-state index in [0.29, 0.717) is 18.8 Å². The van der Waals surface area contributed by atoms with Gasteiger partial charge in [-0.25, -0.2) is 0 Å². The van der Waals surface area contributed by atoms with Crippen LogP contribution in [0.2, 0.25) is 0 Å². The molecule has 5 rings (SSSR count). The summed E-state index contributed by atoms with van der Waals surface area (Å²) in [5.41, 5.74) is 5.97. The topological polar surface area (TPSA) is 70.7 Å². The number of hydrogen-bond donors (Lipinski definition) is 1. The van der Waals surface area contributed by atoms with E-state index in [9.17, 15) is 4.79 Å². The molecule has 2 heterocycles. The van der Waals surface area contributed by atoms with Crippen LogP contribution in [0.3, 0.4) is 0 Å². The molecule has 1 N–H and O–H groups in total. The number of carbonyl (C=O) groups excluding carboxylic acids is 1. The summed E-state index contributed by atoms with van der Waals surface area (Å²) in [7, 11) is 3.35. The Morgan fingerprint density at radius 2 is 1.74 bits per heavy atom. The van der Waals surface area contributed by atoms with Crippen LogP contribution in [0.15, 0.2) is 42.5 Å². The molecule has 1 aliphatic carbocycles. The summed E-state index contributed by atoms with van der Waals surface area (Å²) in [4.78, 5) is 17.5. The van der Waals surface area contributed by atoms with E-state index in [-0.39, 0.29) is 5.91 Å². The molecule has 0 spiro atoms. The van der Waals surface area contributed by atoms with E-state index < -0.39 is 0 Å². The zero-order chi connectivity index (χ0) is 21.4. The highest BCUT2D eigenvalue weighted by atomic mass is 16.5. The fourth-order valence-electron chi connectivity index (χ4n) is 4.54. The van der Waals surface area contributed by atoms with Crippen LogP contribution in [0.25, 0.3) is 11.3 Å². The molecule has 0 saturated carbocycles. The van der Waals surface area contributed by atoms with Crippen LogP contribution in [0.1, 0.15) is 21.6 Å². The molecule has 0 radical (unpaired) electrons. The lowest BCUT2D eigenvalue weighted by molar-refractivity contribution is 0.0739. The summed E-state index contributed by atoms with van der Waals surface area (Å²) in [6.45, 7) is 2.94. The molecule has 1 amide bonds. The van der Waals surface area contributed by atoms with E-state index in [1.807, 2.05) is 35.2 Å². The predicted octanol–water partition coefficient (Wildman–Crippen LogP) is 3.15. The Balaban J connectivity index is 1.31. The van der Waals surface area contributed by atoms with Gasteiger partial charge in [-0.3, -0.25) is 9.89 Å². The van der Waals surface area contributed by atoms with Crippen LogP contribution in [0.4, 0.5) is 5.69 Å². The van der Waals surface area contributed by atoms with Crippen LogP contribution in [0.5, 0.6) is 11.5 Å². The summed E-state index contributed by atoms with van der Waals surface area (Å²) in [6, 6.07) is 14.1. The van der Waals surface area contributed by atoms with Gasteiger partial charge in [0.05, 0.1) is 19.9 Å². The first-order valence-corrected chi connectivity index (χ1v) is 10.6. The van der Waals surface area contributed by atoms with Crippen molar-refractivity contribution in [1.82, 2.24) is 15.1 Å². The third-order valence-corrected chi connectivity index (χ3v) is 6.28. The number of fused-ring (bicyclic) bond motifs is 3. The Kier molecular flexibility index (Phi) is 5.02. The highest BCUT2D eigenvalue weighted by molar-refractivity contribution is 5.96. The molecule has 160 valence electrons. The lowest BCUT2D eigenvalue weighted by Gasteiger charge is -2.36. The molecule has 1 aliphatic heterocycles. The summed E-state index contributed by atoms with van der Waals surface area (Å²) >= 11 is 0. The summed E-state index contributed by atoms with van der Waals surface area (Å²) in [6.07, 6.45) is 1.68. The van der Waals surface area contributed by atoms with Crippen molar-refractivity contribution in [2.75, 3.05) is 45.3 Å². The molecule has 0 unspecified atom stereocenters. The van der Waals surface area contributed by atoms with E-state index in [2.05, 4.69) is 27.2 Å². The Bertz CT molecular complexity index is 1120. The van der Waals surface area contributed by atoms with Gasteiger partial charge in [-0.2, -0.15) is 5.10 Å². The van der Waals surface area contributed by atoms with E-state index in [4.69, 9.17) is 9.47 Å². The number of H-pyrrole nitrogens is 1. The SMILES string of the molecule is COc1cccc(N2CCN(C(=O)c3[nH]nc4c3CCc3cc(OC)ccc3-4)CC2)c1. The Hall–Kier alpha value is -3.48. The van der Waals surface area contributed by atoms with E-state index in [0.717, 1.165) is 59.9 Å². The molecule has 3 aromatic rings. The van der Waals surface area contributed by atoms with Gasteiger partial charge in [0.25, 0.3) is 5.91 Å². The standard InChI is InChI=1S/C24H26N4O3/c1-30-18-5-3-4-17(15-18)27-10-12-28(13-11-27)24(29)23-21-8-6-16-14-19(31-2)7-9-20(16)22(21)25-26-23/h3-5,7,9,14-15H,6,8,10-13H2,1-2H3,(H,25,26). The van der Waals surface area contributed by atoms with Crippen LogP contribution in [-0.4, -0.2) is 61.4 Å². The molecule has 1 fully saturated rings. The van der Waals surface area contributed by atoms with Gasteiger partial charge >= 0.3 is 0 Å². The Labute approximate surface area is 181 Å². The van der Waals surface area contributed by atoms with Gasteiger partial charge in [-0.15, -0.1) is 0 Å². The number of amides is 1. The first-order chi connectivity index (χ1) is 15.2. The second-order valence-corrected chi connectivity index (χ2v) is 7.93. The van der Waals surface area contributed by atoms with Crippen molar-refractivity contribution >= 4 is 11.6 Å². The van der Waals surface area contributed by atoms with Gasteiger partial charge in [0.1, 0.15) is 17.2 Å². The molecule has 31 heavy (non-hydrogen) atoms. The lowest BCUT2D eigenvalue weighted by Crippen LogP contribution is -2.49. The van der Waals surface area contributed by atoms with E-state index >= 15 is 0 Å². The molecule has 1 aromatic heterocycles. The maximum Gasteiger partial charge on any atom is 0.272 e. The van der Waals surface area contributed by atoms with E-state index in [1.54, 1.807) is 14.2 Å². The number of anilines is 1. The number of aromatic nitrogens is 2. The van der Waals surface area contributed by atoms with Crippen molar-refractivity contribution < 1.29 is 14.3 Å². The second kappa shape index (κ2) is 7.98. The minimum Gasteiger partial charge on any atom is -0.497 e. The monoisotopic (exact) mass is 418 g/mol. The number of benzene rings is 2. The van der Waals surface area contributed by atoms with Gasteiger partial charge < -0.3 is 19.3 Å². The summed E-state index contributed by atoms with van der Waals surface area (Å²) < 4.78 is 10.7. The molecule has 2 aromatic carbocycles. The molecular formula is C24H26N4O3. The number of nitrogens with zero attached hydrogens (tertiary/aromatic N) is 3. The normalized spacial score (nSPS) is 15.3. The number of piperazine rings is 1. The third kappa shape index (κ3) is 3.50. The van der Waals surface area contributed by atoms with Crippen molar-refractivity contribution in [1.29, 1.82) is 0 Å². The van der Waals surface area contributed by atoms with Gasteiger partial charge in [0.2, 0.25) is 0 Å². The van der Waals surface area contributed by atoms with Crippen molar-refractivity contribution in [2.24, 2.45) is 0 Å². The maximum atomic E-state index is 13.3. The van der Waals surface area contributed by atoms with Crippen LogP contribution < -0.4 is 14.4 Å². The molecule has 1 saturated heterocycles. The minimum atomic E-state index is 0.0380. The predicted molar refractivity (Wildman–Crippen MR) is 119 cm³/mol. The van der Waals surface area contributed by atoms with Crippen LogP contribution >= 0.6 is 0 Å². The Morgan fingerprint density at radius 1 is 0.968 bits per heavy atom. The number of aryl methyl sites for hydroxylation is 1. The molecular weight excluding hydrogens is 392 g/mol. The number of methoxy groups -OCH3 is 2. The average Bonchev–Trinajstić information content (AvgIpc) is 3.28. The summed E-state index contributed by atoms with van der Waals surface area (Å²) in [5, 5.41) is 7.55. The highest BCUT2D eigenvalue weighted by Crippen LogP contribution is 2.36. The fourth-order valence-corrected chi connectivity index (χ4v) is 4.54. The van der Waals surface area contributed by atoms with Gasteiger partial charge in [0, 0.05) is 49.1 Å². The quantitative estimate of drug-likeness (QED) is 0.705. The molecule has 0 atom stereocenters. The number of carbonyl (C=O) groups is 1. The molecule has 0 bridgehead atoms. The van der Waals surface area contributed by atoms with Gasteiger partial charge in [-0.1, -0.05) is 6.07 Å². The molecule has 7 nitrogen and oxygen atoms in total. The van der Waals surface area contributed by atoms with Gasteiger partial charge in [-0.05, 0) is 48.7 Å². The largest absolute Gasteiger partial charge is 0.497 e. The van der Waals surface area contributed by atoms with Crippen molar-refractivity contribution in [3.8, 4) is 22.8 Å². The smallest absolute Gasteiger partial charge is 0.272 e. The van der Waals surface area contributed by atoms with Crippen molar-refractivity contribution in [3.63, 3.8) is 0 Å². The fraction of sp³-hybridized carbons (Fsp3) is 0.333. The van der Waals surface area contributed by atoms with Crippen LogP contribution in [0, 0.1) is 0 Å². The molecule has 2 aliphatic rings. The zero-order valence-electron chi connectivity index (χ0n) is 17.9. The average molecular weight is 418 g/mol. The molecule has 7 heteroatoms. The first-order valence-electron chi connectivity index (χ1n) is 10.6. The lowest BCUT2D eigenvalue weighted by atomic mass is 9.88. The number of rotatable bonds is 4. The maximum absolute atomic E-state index is 13.3. The zero-order valence-corrected chi connectivity index (χ0v) is 17.9. The number of hydrogen-bond acceptors (Lipinski definition) is 5. The minimum absolute atomic E-state index is 0.0380. The number of nitrogens with one attached hydrogen (secondary N) is 1. The summed E-state index contributed by atoms with van der Waals surface area (Å²) in [5.74, 6) is 1.73. The van der Waals surface area contributed by atoms with Crippen molar-refractivity contribution in [2.45, 2.75) is 12.8 Å². The number of ether oxygens (including phenoxy) is 2. The first kappa shape index (κ1) is 19.5. The van der Waals surface area contributed by atoms with E-state index in [1.165, 1.54) is 5.56 Å². The van der Waals surface area contributed by atoms with Gasteiger partial charge in [0.15, 0.2) is 0 Å². The second-order valence-electron chi connectivity index (χ2n) is 7.93. The Morgan fingerprint density at radius 3 is 2.52 bits per heavy atom.